The van der Waals surface area contributed by atoms with Crippen LogP contribution in [-0.4, -0.2) is 9.91 Å². The molecular weight excluding hydrogens is 261 g/mol. The monoisotopic (exact) mass is 275 g/mol. The molecule has 0 saturated heterocycles. The van der Waals surface area contributed by atoms with Gasteiger partial charge in [0.1, 0.15) is 17.8 Å². The summed E-state index contributed by atoms with van der Waals surface area (Å²) in [6.07, 6.45) is 1.21. The van der Waals surface area contributed by atoms with Crippen LogP contribution in [0.15, 0.2) is 36.5 Å². The number of pyridine rings is 1. The number of nitrogens with zero attached hydrogens (tertiary/aromatic N) is 2. The highest BCUT2D eigenvalue weighted by molar-refractivity contribution is 5.49. The molecule has 1 heterocycles. The Kier molecular flexibility index (Phi) is 3.93. The Morgan fingerprint density at radius 3 is 2.55 bits per heavy atom. The first kappa shape index (κ1) is 13.9. The van der Waals surface area contributed by atoms with E-state index in [9.17, 15) is 14.5 Å². The fourth-order valence-electron chi connectivity index (χ4n) is 1.85. The summed E-state index contributed by atoms with van der Waals surface area (Å²) >= 11 is 0. The van der Waals surface area contributed by atoms with Crippen molar-refractivity contribution in [3.63, 3.8) is 0 Å². The lowest BCUT2D eigenvalue weighted by atomic mass is 10.1. The van der Waals surface area contributed by atoms with Gasteiger partial charge in [0.15, 0.2) is 0 Å². The maximum absolute atomic E-state index is 12.9. The zero-order chi connectivity index (χ0) is 14.7. The number of hydrogen-bond donors (Lipinski definition) is 1. The van der Waals surface area contributed by atoms with Gasteiger partial charge >= 0.3 is 0 Å². The molecule has 0 aliphatic carbocycles. The first-order chi connectivity index (χ1) is 9.47. The Morgan fingerprint density at radius 1 is 1.35 bits per heavy atom. The van der Waals surface area contributed by atoms with E-state index in [4.69, 9.17) is 0 Å². The molecule has 5 nitrogen and oxygen atoms in total. The molecule has 0 radical (unpaired) electrons. The van der Waals surface area contributed by atoms with Crippen LogP contribution in [-0.2, 0) is 0 Å². The molecule has 104 valence electrons. The van der Waals surface area contributed by atoms with E-state index in [1.54, 1.807) is 19.1 Å². The molecule has 0 fully saturated rings. The van der Waals surface area contributed by atoms with Gasteiger partial charge in [-0.2, -0.15) is 0 Å². The van der Waals surface area contributed by atoms with Gasteiger partial charge in [0.05, 0.1) is 4.92 Å². The predicted octanol–water partition coefficient (Wildman–Crippen LogP) is 3.61. The maximum atomic E-state index is 12.9. The molecule has 1 N–H and O–H groups in total. The van der Waals surface area contributed by atoms with Crippen LogP contribution in [0.5, 0.6) is 0 Å². The second kappa shape index (κ2) is 5.64. The smallest absolute Gasteiger partial charge is 0.287 e. The summed E-state index contributed by atoms with van der Waals surface area (Å²) in [5.41, 5.74) is 1.56. The molecule has 2 aromatic rings. The van der Waals surface area contributed by atoms with Crippen molar-refractivity contribution < 1.29 is 9.31 Å². The minimum atomic E-state index is -0.479. The van der Waals surface area contributed by atoms with E-state index in [0.29, 0.717) is 11.4 Å². The van der Waals surface area contributed by atoms with Crippen LogP contribution in [0.1, 0.15) is 24.1 Å². The first-order valence-electron chi connectivity index (χ1n) is 6.10. The van der Waals surface area contributed by atoms with Crippen LogP contribution >= 0.6 is 0 Å². The number of halogens is 1. The van der Waals surface area contributed by atoms with Crippen molar-refractivity contribution in [1.82, 2.24) is 4.98 Å². The molecule has 0 aliphatic heterocycles. The average Bonchev–Trinajstić information content (AvgIpc) is 2.41. The summed E-state index contributed by atoms with van der Waals surface area (Å²) in [7, 11) is 0. The Balaban J connectivity index is 2.17. The highest BCUT2D eigenvalue weighted by atomic mass is 19.1. The molecule has 0 spiro atoms. The number of aromatic nitrogens is 1. The number of aryl methyl sites for hydroxylation is 1. The lowest BCUT2D eigenvalue weighted by Crippen LogP contribution is -2.09. The van der Waals surface area contributed by atoms with E-state index in [1.807, 2.05) is 6.92 Å². The third kappa shape index (κ3) is 3.09. The fraction of sp³-hybridized carbons (Fsp3) is 0.214. The van der Waals surface area contributed by atoms with Gasteiger partial charge in [-0.25, -0.2) is 9.37 Å². The molecule has 1 atom stereocenters. The highest BCUT2D eigenvalue weighted by Crippen LogP contribution is 2.23. The third-order valence-corrected chi connectivity index (χ3v) is 3.00. The van der Waals surface area contributed by atoms with Crippen LogP contribution in [0.25, 0.3) is 0 Å². The van der Waals surface area contributed by atoms with E-state index >= 15 is 0 Å². The topological polar surface area (TPSA) is 68.1 Å². The molecule has 1 unspecified atom stereocenters. The summed E-state index contributed by atoms with van der Waals surface area (Å²) in [4.78, 5) is 14.2. The van der Waals surface area contributed by atoms with Crippen molar-refractivity contribution in [2.24, 2.45) is 0 Å². The molecule has 0 bridgehead atoms. The van der Waals surface area contributed by atoms with Gasteiger partial charge in [-0.05, 0) is 37.1 Å². The van der Waals surface area contributed by atoms with Gasteiger partial charge in [-0.15, -0.1) is 0 Å². The van der Waals surface area contributed by atoms with Gasteiger partial charge in [0, 0.05) is 12.1 Å². The van der Waals surface area contributed by atoms with Gasteiger partial charge in [0.2, 0.25) is 0 Å². The quantitative estimate of drug-likeness (QED) is 0.683. The predicted molar refractivity (Wildman–Crippen MR) is 74.1 cm³/mol. The van der Waals surface area contributed by atoms with Crippen molar-refractivity contribution >= 4 is 11.5 Å². The molecule has 1 aromatic heterocycles. The molecule has 0 saturated carbocycles. The van der Waals surface area contributed by atoms with E-state index in [1.165, 1.54) is 24.4 Å². The summed E-state index contributed by atoms with van der Waals surface area (Å²) in [6, 6.07) is 7.55. The van der Waals surface area contributed by atoms with E-state index in [-0.39, 0.29) is 17.5 Å². The number of nitrogens with one attached hydrogen (secondary N) is 1. The summed E-state index contributed by atoms with van der Waals surface area (Å²) < 4.78 is 12.9. The summed E-state index contributed by atoms with van der Waals surface area (Å²) in [5.74, 6) is 0.290. The Morgan fingerprint density at radius 2 is 2.00 bits per heavy atom. The van der Waals surface area contributed by atoms with Gasteiger partial charge in [-0.3, -0.25) is 10.1 Å². The Bertz CT molecular complexity index is 629. The molecule has 2 rings (SSSR count). The summed E-state index contributed by atoms with van der Waals surface area (Å²) in [5, 5.41) is 13.8. The SMILES string of the molecule is Cc1cc([N+](=O)[O-])cnc1NC(C)c1ccc(F)cc1. The molecule has 20 heavy (non-hydrogen) atoms. The largest absolute Gasteiger partial charge is 0.363 e. The minimum absolute atomic E-state index is 0.0394. The highest BCUT2D eigenvalue weighted by Gasteiger charge is 2.12. The number of nitro groups is 1. The van der Waals surface area contributed by atoms with Gasteiger partial charge < -0.3 is 5.32 Å². The zero-order valence-electron chi connectivity index (χ0n) is 11.1. The average molecular weight is 275 g/mol. The number of benzene rings is 1. The normalized spacial score (nSPS) is 11.9. The summed E-state index contributed by atoms with van der Waals surface area (Å²) in [6.45, 7) is 3.66. The molecule has 0 aliphatic rings. The van der Waals surface area contributed by atoms with Crippen molar-refractivity contribution in [2.45, 2.75) is 19.9 Å². The van der Waals surface area contributed by atoms with Crippen LogP contribution < -0.4 is 5.32 Å². The second-order valence-corrected chi connectivity index (χ2v) is 4.53. The van der Waals surface area contributed by atoms with Crippen LogP contribution in [0.2, 0.25) is 0 Å². The van der Waals surface area contributed by atoms with Crippen LogP contribution in [0.3, 0.4) is 0 Å². The molecule has 0 amide bonds. The third-order valence-electron chi connectivity index (χ3n) is 3.00. The Labute approximate surface area is 115 Å². The van der Waals surface area contributed by atoms with Crippen molar-refractivity contribution in [3.05, 3.63) is 63.6 Å². The lowest BCUT2D eigenvalue weighted by molar-refractivity contribution is -0.385. The van der Waals surface area contributed by atoms with Crippen LogP contribution in [0, 0.1) is 22.9 Å². The van der Waals surface area contributed by atoms with E-state index in [0.717, 1.165) is 5.56 Å². The Hall–Kier alpha value is -2.50. The number of hydrogen-bond acceptors (Lipinski definition) is 4. The number of anilines is 1. The molecule has 1 aromatic carbocycles. The van der Waals surface area contributed by atoms with Crippen LogP contribution in [0.4, 0.5) is 15.9 Å². The standard InChI is InChI=1S/C14H14FN3O2/c1-9-7-13(18(19)20)8-16-14(9)17-10(2)11-3-5-12(15)6-4-11/h3-8,10H,1-2H3,(H,16,17). The first-order valence-corrected chi connectivity index (χ1v) is 6.10. The van der Waals surface area contributed by atoms with Gasteiger partial charge in [0.25, 0.3) is 5.69 Å². The molecule has 6 heteroatoms. The van der Waals surface area contributed by atoms with E-state index < -0.39 is 4.92 Å². The fourth-order valence-corrected chi connectivity index (χ4v) is 1.85. The minimum Gasteiger partial charge on any atom is -0.363 e. The van der Waals surface area contributed by atoms with Gasteiger partial charge in [-0.1, -0.05) is 12.1 Å². The second-order valence-electron chi connectivity index (χ2n) is 4.53. The molecular formula is C14H14FN3O2. The van der Waals surface area contributed by atoms with Crippen molar-refractivity contribution in [2.75, 3.05) is 5.32 Å². The zero-order valence-corrected chi connectivity index (χ0v) is 11.1. The maximum Gasteiger partial charge on any atom is 0.287 e. The van der Waals surface area contributed by atoms with E-state index in [2.05, 4.69) is 10.3 Å². The van der Waals surface area contributed by atoms with Crippen molar-refractivity contribution in [3.8, 4) is 0 Å². The lowest BCUT2D eigenvalue weighted by Gasteiger charge is -2.16. The van der Waals surface area contributed by atoms with Crippen molar-refractivity contribution in [1.29, 1.82) is 0 Å². The number of rotatable bonds is 4.